The van der Waals surface area contributed by atoms with Crippen molar-refractivity contribution in [1.29, 1.82) is 0 Å². The quantitative estimate of drug-likeness (QED) is 0.850. The van der Waals surface area contributed by atoms with E-state index in [1.54, 1.807) is 11.8 Å². The van der Waals surface area contributed by atoms with Crippen LogP contribution in [-0.2, 0) is 16.0 Å². The van der Waals surface area contributed by atoms with Gasteiger partial charge in [-0.1, -0.05) is 5.16 Å². The molecule has 0 bridgehead atoms. The highest BCUT2D eigenvalue weighted by Gasteiger charge is 2.43. The van der Waals surface area contributed by atoms with Crippen LogP contribution in [0.4, 0.5) is 4.39 Å². The summed E-state index contributed by atoms with van der Waals surface area (Å²) in [7, 11) is 0. The average molecular weight is 387 g/mol. The van der Waals surface area contributed by atoms with E-state index in [9.17, 15) is 14.0 Å². The minimum Gasteiger partial charge on any atom is -0.355 e. The van der Waals surface area contributed by atoms with Gasteiger partial charge in [-0.2, -0.15) is 4.98 Å². The Morgan fingerprint density at radius 3 is 2.86 bits per heavy atom. The van der Waals surface area contributed by atoms with E-state index in [2.05, 4.69) is 20.4 Å². The molecule has 2 aliphatic rings. The number of piperidine rings is 1. The second-order valence-corrected chi connectivity index (χ2v) is 7.40. The third-order valence-corrected chi connectivity index (χ3v) is 5.64. The molecule has 0 radical (unpaired) electrons. The maximum Gasteiger partial charge on any atom is 0.231 e. The van der Waals surface area contributed by atoms with Crippen LogP contribution in [0.25, 0.3) is 0 Å². The molecule has 148 valence electrons. The van der Waals surface area contributed by atoms with Crippen molar-refractivity contribution in [3.8, 4) is 0 Å². The molecule has 2 amide bonds. The number of pyridine rings is 1. The number of halogens is 1. The van der Waals surface area contributed by atoms with Gasteiger partial charge in [0.15, 0.2) is 5.82 Å². The average Bonchev–Trinajstić information content (AvgIpc) is 2.98. The lowest BCUT2D eigenvalue weighted by Crippen LogP contribution is -2.46. The van der Waals surface area contributed by atoms with Crippen molar-refractivity contribution in [2.24, 2.45) is 11.8 Å². The normalized spacial score (nSPS) is 25.0. The van der Waals surface area contributed by atoms with E-state index in [1.165, 1.54) is 12.1 Å². The number of carbonyl (C=O) groups excluding carboxylic acids is 2. The first-order valence-corrected chi connectivity index (χ1v) is 9.47. The number of likely N-dealkylation sites (tertiary alicyclic amines) is 1. The van der Waals surface area contributed by atoms with Crippen LogP contribution in [0.5, 0.6) is 0 Å². The summed E-state index contributed by atoms with van der Waals surface area (Å²) in [5.74, 6) is 0.461. The van der Waals surface area contributed by atoms with Crippen molar-refractivity contribution in [3.05, 3.63) is 41.6 Å². The first-order valence-electron chi connectivity index (χ1n) is 9.47. The smallest absolute Gasteiger partial charge is 0.231 e. The molecule has 0 unspecified atom stereocenters. The SMILES string of the molecule is Cc1noc([C@@H]2CNC(=O)[C@H]3CCN(C(=O)Cc4ccc(F)cn4)CC[C@H]32)n1. The third-order valence-electron chi connectivity index (χ3n) is 5.64. The zero-order chi connectivity index (χ0) is 19.7. The van der Waals surface area contributed by atoms with Gasteiger partial charge < -0.3 is 14.7 Å². The maximum atomic E-state index is 13.0. The number of nitrogens with one attached hydrogen (secondary N) is 1. The monoisotopic (exact) mass is 387 g/mol. The Labute approximate surface area is 161 Å². The highest BCUT2D eigenvalue weighted by Crippen LogP contribution is 2.38. The lowest BCUT2D eigenvalue weighted by atomic mass is 9.75. The molecule has 0 saturated carbocycles. The number of aromatic nitrogens is 3. The third kappa shape index (κ3) is 3.74. The highest BCUT2D eigenvalue weighted by molar-refractivity contribution is 5.81. The topological polar surface area (TPSA) is 101 Å². The molecule has 0 aromatic carbocycles. The van der Waals surface area contributed by atoms with E-state index in [0.717, 1.165) is 6.20 Å². The molecule has 2 aromatic heterocycles. The number of aryl methyl sites for hydroxylation is 1. The zero-order valence-corrected chi connectivity index (χ0v) is 15.6. The Morgan fingerprint density at radius 1 is 1.32 bits per heavy atom. The Kier molecular flexibility index (Phi) is 5.06. The van der Waals surface area contributed by atoms with Crippen LogP contribution < -0.4 is 5.32 Å². The van der Waals surface area contributed by atoms with Gasteiger partial charge in [-0.05, 0) is 37.8 Å². The first kappa shape index (κ1) is 18.5. The second kappa shape index (κ2) is 7.65. The molecule has 2 aliphatic heterocycles. The predicted octanol–water partition coefficient (Wildman–Crippen LogP) is 1.22. The van der Waals surface area contributed by atoms with Gasteiger partial charge in [0.2, 0.25) is 17.7 Å². The summed E-state index contributed by atoms with van der Waals surface area (Å²) < 4.78 is 18.4. The van der Waals surface area contributed by atoms with Crippen LogP contribution in [-0.4, -0.2) is 51.5 Å². The molecule has 4 rings (SSSR count). The number of hydrogen-bond donors (Lipinski definition) is 1. The number of rotatable bonds is 3. The Morgan fingerprint density at radius 2 is 2.14 bits per heavy atom. The molecular formula is C19H22FN5O3. The van der Waals surface area contributed by atoms with E-state index in [-0.39, 0.29) is 36.0 Å². The molecule has 0 aliphatic carbocycles. The summed E-state index contributed by atoms with van der Waals surface area (Å²) in [6.07, 6.45) is 2.50. The lowest BCUT2D eigenvalue weighted by molar-refractivity contribution is -0.131. The van der Waals surface area contributed by atoms with E-state index in [1.807, 2.05) is 0 Å². The van der Waals surface area contributed by atoms with Gasteiger partial charge in [0.1, 0.15) is 5.82 Å². The van der Waals surface area contributed by atoms with Gasteiger partial charge in [0.25, 0.3) is 0 Å². The van der Waals surface area contributed by atoms with Gasteiger partial charge in [0, 0.05) is 31.2 Å². The lowest BCUT2D eigenvalue weighted by Gasteiger charge is -2.34. The molecule has 28 heavy (non-hydrogen) atoms. The molecule has 2 aromatic rings. The molecule has 4 heterocycles. The maximum absolute atomic E-state index is 13.0. The van der Waals surface area contributed by atoms with E-state index < -0.39 is 5.82 Å². The summed E-state index contributed by atoms with van der Waals surface area (Å²) in [5.41, 5.74) is 0.532. The fraction of sp³-hybridized carbons (Fsp3) is 0.526. The van der Waals surface area contributed by atoms with Crippen LogP contribution in [0.2, 0.25) is 0 Å². The van der Waals surface area contributed by atoms with Crippen LogP contribution in [0.3, 0.4) is 0 Å². The van der Waals surface area contributed by atoms with Crippen molar-refractivity contribution in [3.63, 3.8) is 0 Å². The predicted molar refractivity (Wildman–Crippen MR) is 95.5 cm³/mol. The summed E-state index contributed by atoms with van der Waals surface area (Å²) >= 11 is 0. The molecule has 9 heteroatoms. The molecular weight excluding hydrogens is 365 g/mol. The van der Waals surface area contributed by atoms with Gasteiger partial charge in [-0.3, -0.25) is 14.6 Å². The fourth-order valence-corrected chi connectivity index (χ4v) is 4.19. The zero-order valence-electron chi connectivity index (χ0n) is 15.6. The van der Waals surface area contributed by atoms with Crippen LogP contribution in [0.15, 0.2) is 22.9 Å². The largest absolute Gasteiger partial charge is 0.355 e. The van der Waals surface area contributed by atoms with Gasteiger partial charge in [0.05, 0.1) is 18.5 Å². The van der Waals surface area contributed by atoms with Crippen molar-refractivity contribution >= 4 is 11.8 Å². The standard InChI is InChI=1S/C19H22FN5O3/c1-11-23-19(28-24-11)16-10-22-18(27)15-5-7-25(6-4-14(15)16)17(26)8-13-3-2-12(20)9-21-13/h2-3,9,14-16H,4-8,10H2,1H3,(H,22,27)/t14-,15+,16-/m1/s1. The van der Waals surface area contributed by atoms with Crippen molar-refractivity contribution in [2.75, 3.05) is 19.6 Å². The Balaban J connectivity index is 1.47. The number of nitrogens with zero attached hydrogens (tertiary/aromatic N) is 4. The first-order chi connectivity index (χ1) is 13.5. The van der Waals surface area contributed by atoms with Crippen molar-refractivity contribution in [2.45, 2.75) is 32.1 Å². The highest BCUT2D eigenvalue weighted by atomic mass is 19.1. The number of amides is 2. The minimum atomic E-state index is -0.427. The fourth-order valence-electron chi connectivity index (χ4n) is 4.19. The molecule has 8 nitrogen and oxygen atoms in total. The molecule has 1 N–H and O–H groups in total. The second-order valence-electron chi connectivity index (χ2n) is 7.40. The summed E-state index contributed by atoms with van der Waals surface area (Å²) in [6, 6.07) is 2.82. The summed E-state index contributed by atoms with van der Waals surface area (Å²) in [6.45, 7) is 3.29. The van der Waals surface area contributed by atoms with Crippen molar-refractivity contribution < 1.29 is 18.5 Å². The Bertz CT molecular complexity index is 869. The van der Waals surface area contributed by atoms with Crippen LogP contribution in [0.1, 0.15) is 36.2 Å². The van der Waals surface area contributed by atoms with Gasteiger partial charge >= 0.3 is 0 Å². The van der Waals surface area contributed by atoms with Crippen LogP contribution >= 0.6 is 0 Å². The van der Waals surface area contributed by atoms with E-state index >= 15 is 0 Å². The number of hydrogen-bond acceptors (Lipinski definition) is 6. The van der Waals surface area contributed by atoms with Crippen molar-refractivity contribution in [1.82, 2.24) is 25.3 Å². The van der Waals surface area contributed by atoms with Crippen LogP contribution in [0, 0.1) is 24.6 Å². The number of fused-ring (bicyclic) bond motifs is 1. The summed E-state index contributed by atoms with van der Waals surface area (Å²) in [5, 5.41) is 6.81. The van der Waals surface area contributed by atoms with Gasteiger partial charge in [-0.15, -0.1) is 0 Å². The summed E-state index contributed by atoms with van der Waals surface area (Å²) in [4.78, 5) is 35.2. The molecule has 2 saturated heterocycles. The number of carbonyl (C=O) groups is 2. The Hall–Kier alpha value is -2.84. The van der Waals surface area contributed by atoms with E-state index in [4.69, 9.17) is 4.52 Å². The molecule has 2 fully saturated rings. The molecule has 0 spiro atoms. The van der Waals surface area contributed by atoms with E-state index in [0.29, 0.717) is 49.9 Å². The minimum absolute atomic E-state index is 0.0204. The molecule has 3 atom stereocenters. The van der Waals surface area contributed by atoms with Gasteiger partial charge in [-0.25, -0.2) is 4.39 Å².